The molecule has 0 radical (unpaired) electrons. The van der Waals surface area contributed by atoms with Crippen LogP contribution in [0.5, 0.6) is 0 Å². The number of nitrogens with one attached hydrogen (secondary N) is 1. The molecule has 0 saturated carbocycles. The van der Waals surface area contributed by atoms with Gasteiger partial charge in [-0.1, -0.05) is 36.4 Å². The van der Waals surface area contributed by atoms with Crippen LogP contribution in [0.4, 0.5) is 8.78 Å². The fraction of sp³-hybridized carbons (Fsp3) is 0.105. The Bertz CT molecular complexity index is 861. The van der Waals surface area contributed by atoms with Crippen LogP contribution in [0, 0.1) is 11.6 Å². The molecule has 2 aromatic carbocycles. The van der Waals surface area contributed by atoms with E-state index in [1.165, 1.54) is 17.4 Å². The molecule has 1 heterocycles. The molecule has 3 aromatic rings. The Morgan fingerprint density at radius 2 is 1.75 bits per heavy atom. The number of amides is 1. The van der Waals surface area contributed by atoms with Crippen LogP contribution < -0.4 is 5.32 Å². The van der Waals surface area contributed by atoms with E-state index in [2.05, 4.69) is 5.32 Å². The van der Waals surface area contributed by atoms with Crippen molar-refractivity contribution in [2.45, 2.75) is 13.0 Å². The van der Waals surface area contributed by atoms with Crippen LogP contribution in [-0.2, 0) is 0 Å². The van der Waals surface area contributed by atoms with Crippen LogP contribution in [0.25, 0.3) is 10.4 Å². The van der Waals surface area contributed by atoms with Gasteiger partial charge in [0.15, 0.2) is 11.6 Å². The highest BCUT2D eigenvalue weighted by Crippen LogP contribution is 2.29. The maximum atomic E-state index is 13.3. The zero-order valence-corrected chi connectivity index (χ0v) is 13.7. The summed E-state index contributed by atoms with van der Waals surface area (Å²) < 4.78 is 26.4. The molecule has 0 aliphatic carbocycles. The van der Waals surface area contributed by atoms with Gasteiger partial charge in [-0.2, -0.15) is 0 Å². The summed E-state index contributed by atoms with van der Waals surface area (Å²) in [6, 6.07) is 16.7. The van der Waals surface area contributed by atoms with Crippen LogP contribution in [0.2, 0.25) is 0 Å². The second-order valence-corrected chi connectivity index (χ2v) is 6.48. The van der Waals surface area contributed by atoms with Gasteiger partial charge < -0.3 is 5.32 Å². The van der Waals surface area contributed by atoms with Crippen molar-refractivity contribution < 1.29 is 13.6 Å². The summed E-state index contributed by atoms with van der Waals surface area (Å²) >= 11 is 1.24. The molecule has 24 heavy (non-hydrogen) atoms. The van der Waals surface area contributed by atoms with E-state index in [-0.39, 0.29) is 11.9 Å². The van der Waals surface area contributed by atoms with Gasteiger partial charge in [0, 0.05) is 4.88 Å². The Balaban J connectivity index is 1.75. The van der Waals surface area contributed by atoms with Crippen molar-refractivity contribution in [1.82, 2.24) is 5.32 Å². The summed E-state index contributed by atoms with van der Waals surface area (Å²) in [6.45, 7) is 1.91. The number of rotatable bonds is 4. The molecule has 2 nitrogen and oxygen atoms in total. The number of carbonyl (C=O) groups excluding carboxylic acids is 1. The zero-order chi connectivity index (χ0) is 17.1. The summed E-state index contributed by atoms with van der Waals surface area (Å²) in [5, 5.41) is 2.94. The van der Waals surface area contributed by atoms with Crippen LogP contribution >= 0.6 is 11.3 Å². The summed E-state index contributed by atoms with van der Waals surface area (Å²) in [6.07, 6.45) is 0. The number of carbonyl (C=O) groups is 1. The molecule has 1 aromatic heterocycles. The van der Waals surface area contributed by atoms with Gasteiger partial charge in [-0.05, 0) is 42.3 Å². The highest BCUT2D eigenvalue weighted by molar-refractivity contribution is 7.17. The van der Waals surface area contributed by atoms with Gasteiger partial charge in [-0.3, -0.25) is 4.79 Å². The first-order valence-corrected chi connectivity index (χ1v) is 8.27. The van der Waals surface area contributed by atoms with Gasteiger partial charge in [0.25, 0.3) is 5.91 Å². The average molecular weight is 343 g/mol. The standard InChI is InChI=1S/C19H15F2NOS/c1-12(13-5-3-2-4-6-13)22-19(23)18-10-9-17(24-18)14-7-8-15(20)16(21)11-14/h2-12H,1H3,(H,22,23). The molecular weight excluding hydrogens is 328 g/mol. The number of hydrogen-bond donors (Lipinski definition) is 1. The third-order valence-electron chi connectivity index (χ3n) is 3.68. The Hall–Kier alpha value is -2.53. The SMILES string of the molecule is CC(NC(=O)c1ccc(-c2ccc(F)c(F)c2)s1)c1ccccc1. The Labute approximate surface area is 142 Å². The van der Waals surface area contributed by atoms with Crippen molar-refractivity contribution in [1.29, 1.82) is 0 Å². The van der Waals surface area contributed by atoms with E-state index in [1.54, 1.807) is 12.1 Å². The minimum atomic E-state index is -0.899. The number of thiophene rings is 1. The molecule has 1 unspecified atom stereocenters. The van der Waals surface area contributed by atoms with E-state index in [0.717, 1.165) is 17.7 Å². The molecule has 0 aliphatic heterocycles. The van der Waals surface area contributed by atoms with E-state index in [1.807, 2.05) is 37.3 Å². The van der Waals surface area contributed by atoms with Crippen molar-refractivity contribution in [3.8, 4) is 10.4 Å². The normalized spacial score (nSPS) is 12.0. The summed E-state index contributed by atoms with van der Waals surface area (Å²) in [5.74, 6) is -1.97. The molecular formula is C19H15F2NOS. The topological polar surface area (TPSA) is 29.1 Å². The van der Waals surface area contributed by atoms with Crippen molar-refractivity contribution in [3.05, 3.63) is 82.7 Å². The first kappa shape index (κ1) is 16.3. The maximum Gasteiger partial charge on any atom is 0.261 e. The van der Waals surface area contributed by atoms with Crippen molar-refractivity contribution in [2.24, 2.45) is 0 Å². The minimum Gasteiger partial charge on any atom is -0.345 e. The number of benzene rings is 2. The van der Waals surface area contributed by atoms with Gasteiger partial charge >= 0.3 is 0 Å². The summed E-state index contributed by atoms with van der Waals surface area (Å²) in [4.78, 5) is 13.6. The lowest BCUT2D eigenvalue weighted by Crippen LogP contribution is -2.25. The Morgan fingerprint density at radius 1 is 1.00 bits per heavy atom. The molecule has 0 fully saturated rings. The van der Waals surface area contributed by atoms with Crippen LogP contribution in [0.1, 0.15) is 28.2 Å². The molecule has 0 spiro atoms. The van der Waals surface area contributed by atoms with E-state index in [0.29, 0.717) is 15.3 Å². The van der Waals surface area contributed by atoms with E-state index < -0.39 is 11.6 Å². The fourth-order valence-electron chi connectivity index (χ4n) is 2.36. The molecule has 122 valence electrons. The van der Waals surface area contributed by atoms with Gasteiger partial charge in [0.05, 0.1) is 10.9 Å². The lowest BCUT2D eigenvalue weighted by atomic mass is 10.1. The quantitative estimate of drug-likeness (QED) is 0.694. The fourth-order valence-corrected chi connectivity index (χ4v) is 3.26. The molecule has 0 bridgehead atoms. The van der Waals surface area contributed by atoms with Crippen LogP contribution in [0.3, 0.4) is 0 Å². The van der Waals surface area contributed by atoms with Gasteiger partial charge in [0.2, 0.25) is 0 Å². The Kier molecular flexibility index (Phi) is 4.71. The third kappa shape index (κ3) is 3.51. The number of halogens is 2. The predicted octanol–water partition coefficient (Wildman–Crippen LogP) is 5.18. The first-order chi connectivity index (χ1) is 11.5. The summed E-state index contributed by atoms with van der Waals surface area (Å²) in [7, 11) is 0. The molecule has 0 saturated heterocycles. The lowest BCUT2D eigenvalue weighted by molar-refractivity contribution is 0.0944. The molecule has 5 heteroatoms. The van der Waals surface area contributed by atoms with Gasteiger partial charge in [-0.15, -0.1) is 11.3 Å². The molecule has 0 aliphatic rings. The highest BCUT2D eigenvalue weighted by Gasteiger charge is 2.14. The zero-order valence-electron chi connectivity index (χ0n) is 12.9. The lowest BCUT2D eigenvalue weighted by Gasteiger charge is -2.13. The minimum absolute atomic E-state index is 0.118. The second kappa shape index (κ2) is 6.93. The van der Waals surface area contributed by atoms with Gasteiger partial charge in [0.1, 0.15) is 0 Å². The van der Waals surface area contributed by atoms with Crippen LogP contribution in [-0.4, -0.2) is 5.91 Å². The molecule has 3 rings (SSSR count). The largest absolute Gasteiger partial charge is 0.345 e. The monoisotopic (exact) mass is 343 g/mol. The van der Waals surface area contributed by atoms with Gasteiger partial charge in [-0.25, -0.2) is 8.78 Å². The van der Waals surface area contributed by atoms with Crippen molar-refractivity contribution in [2.75, 3.05) is 0 Å². The number of hydrogen-bond acceptors (Lipinski definition) is 2. The van der Waals surface area contributed by atoms with Crippen molar-refractivity contribution >= 4 is 17.2 Å². The van der Waals surface area contributed by atoms with Crippen LogP contribution in [0.15, 0.2) is 60.7 Å². The maximum absolute atomic E-state index is 13.3. The first-order valence-electron chi connectivity index (χ1n) is 7.45. The van der Waals surface area contributed by atoms with Crippen molar-refractivity contribution in [3.63, 3.8) is 0 Å². The molecule has 1 atom stereocenters. The molecule has 1 amide bonds. The smallest absolute Gasteiger partial charge is 0.261 e. The van der Waals surface area contributed by atoms with E-state index in [4.69, 9.17) is 0 Å². The van der Waals surface area contributed by atoms with E-state index in [9.17, 15) is 13.6 Å². The highest BCUT2D eigenvalue weighted by atomic mass is 32.1. The second-order valence-electron chi connectivity index (χ2n) is 5.40. The molecule has 1 N–H and O–H groups in total. The van der Waals surface area contributed by atoms with E-state index >= 15 is 0 Å². The third-order valence-corrected chi connectivity index (χ3v) is 4.81. The summed E-state index contributed by atoms with van der Waals surface area (Å²) in [5.41, 5.74) is 1.57. The Morgan fingerprint density at radius 3 is 2.46 bits per heavy atom. The predicted molar refractivity (Wildman–Crippen MR) is 92.0 cm³/mol. The average Bonchev–Trinajstić information content (AvgIpc) is 3.08.